The molecule has 4 aliphatic rings. The van der Waals surface area contributed by atoms with Gasteiger partial charge in [-0.05, 0) is 61.8 Å². The van der Waals surface area contributed by atoms with Gasteiger partial charge in [0, 0.05) is 36.9 Å². The van der Waals surface area contributed by atoms with Crippen LogP contribution in [-0.4, -0.2) is 52.9 Å². The Morgan fingerprint density at radius 1 is 1.17 bits per heavy atom. The summed E-state index contributed by atoms with van der Waals surface area (Å²) in [7, 11) is 0. The van der Waals surface area contributed by atoms with Gasteiger partial charge in [0.2, 0.25) is 5.91 Å². The molecule has 1 aromatic carbocycles. The summed E-state index contributed by atoms with van der Waals surface area (Å²) in [6, 6.07) is 5.87. The van der Waals surface area contributed by atoms with Crippen LogP contribution in [0.15, 0.2) is 30.5 Å². The second-order valence-corrected chi connectivity index (χ2v) is 9.11. The number of hydrogen-bond acceptors (Lipinski definition) is 4. The number of hydrogen-bond donors (Lipinski definition) is 1. The van der Waals surface area contributed by atoms with Gasteiger partial charge >= 0.3 is 0 Å². The topological polar surface area (TPSA) is 61.9 Å². The number of nitrogens with zero attached hydrogens (tertiary/aromatic N) is 2. The van der Waals surface area contributed by atoms with Crippen LogP contribution in [0.2, 0.25) is 0 Å². The fourth-order valence-corrected chi connectivity index (χ4v) is 5.36. The Bertz CT molecular complexity index is 861. The molecule has 3 fully saturated rings. The van der Waals surface area contributed by atoms with E-state index in [-0.39, 0.29) is 17.9 Å². The Kier molecular flexibility index (Phi) is 4.62. The minimum atomic E-state index is -0.419. The van der Waals surface area contributed by atoms with Crippen LogP contribution in [0.1, 0.15) is 54.9 Å². The summed E-state index contributed by atoms with van der Waals surface area (Å²) < 4.78 is 6.39. The Balaban J connectivity index is 1.29. The first-order valence-corrected chi connectivity index (χ1v) is 10.8. The largest absolute Gasteiger partial charge is 0.489 e. The average molecular weight is 396 g/mol. The molecule has 0 radical (unpaired) electrons. The molecule has 6 nitrogen and oxygen atoms in total. The summed E-state index contributed by atoms with van der Waals surface area (Å²) in [5.74, 6) is 1.44. The number of fused-ring (bicyclic) bond motifs is 1. The number of rotatable bonds is 4. The van der Waals surface area contributed by atoms with E-state index in [9.17, 15) is 9.59 Å². The molecule has 29 heavy (non-hydrogen) atoms. The Morgan fingerprint density at radius 2 is 2.00 bits per heavy atom. The Hall–Kier alpha value is -2.34. The molecule has 0 spiro atoms. The second-order valence-electron chi connectivity index (χ2n) is 9.11. The second kappa shape index (κ2) is 7.17. The summed E-state index contributed by atoms with van der Waals surface area (Å²) >= 11 is 0. The molecule has 6 heteroatoms. The summed E-state index contributed by atoms with van der Waals surface area (Å²) in [6.45, 7) is 8.94. The van der Waals surface area contributed by atoms with Crippen LogP contribution in [0.4, 0.5) is 0 Å². The number of nitrogens with one attached hydrogen (secondary N) is 1. The molecule has 1 aromatic rings. The smallest absolute Gasteiger partial charge is 0.255 e. The number of ether oxygens (including phenoxy) is 1. The van der Waals surface area contributed by atoms with Gasteiger partial charge in [0.25, 0.3) is 5.91 Å². The third-order valence-corrected chi connectivity index (χ3v) is 6.87. The van der Waals surface area contributed by atoms with E-state index in [4.69, 9.17) is 4.74 Å². The average Bonchev–Trinajstić information content (AvgIpc) is 3.24. The zero-order chi connectivity index (χ0) is 20.1. The minimum Gasteiger partial charge on any atom is -0.489 e. The van der Waals surface area contributed by atoms with Gasteiger partial charge in [-0.1, -0.05) is 13.5 Å². The van der Waals surface area contributed by atoms with Crippen molar-refractivity contribution in [2.75, 3.05) is 13.1 Å². The van der Waals surface area contributed by atoms with Crippen molar-refractivity contribution in [1.29, 1.82) is 0 Å². The number of allylic oxidation sites excluding steroid dienone is 1. The van der Waals surface area contributed by atoms with Crippen molar-refractivity contribution in [3.63, 3.8) is 0 Å². The normalized spacial score (nSPS) is 30.3. The van der Waals surface area contributed by atoms with E-state index in [1.807, 2.05) is 18.2 Å². The van der Waals surface area contributed by atoms with Crippen molar-refractivity contribution in [2.24, 2.45) is 5.92 Å². The standard InChI is InChI=1S/C23H29N3O3/c1-14-11-25(12-14)19-4-3-5-21(19)29-17-7-8-18-16(10-17)13-26(23(18)28)20-9-6-15(2)24-22(20)27/h7-8,10,14,19-21H,2-6,9,11-13H2,1H3,(H,24,27)/t19-,20?,21-/m1/s1. The highest BCUT2D eigenvalue weighted by molar-refractivity contribution is 6.01. The number of carbonyl (C=O) groups is 2. The summed E-state index contributed by atoms with van der Waals surface area (Å²) in [5, 5.41) is 2.79. The van der Waals surface area contributed by atoms with Gasteiger partial charge in [-0.15, -0.1) is 0 Å². The van der Waals surface area contributed by atoms with Crippen LogP contribution >= 0.6 is 0 Å². The highest BCUT2D eigenvalue weighted by atomic mass is 16.5. The maximum Gasteiger partial charge on any atom is 0.255 e. The minimum absolute atomic E-state index is 0.0625. The first kappa shape index (κ1) is 18.7. The van der Waals surface area contributed by atoms with Crippen molar-refractivity contribution >= 4 is 11.8 Å². The molecule has 3 aliphatic heterocycles. The SMILES string of the molecule is C=C1CCC(N2Cc3cc(O[C@@H]4CCC[C@H]4N4CC(C)C4)ccc3C2=O)C(=O)N1. The predicted molar refractivity (Wildman–Crippen MR) is 109 cm³/mol. The third kappa shape index (κ3) is 3.33. The monoisotopic (exact) mass is 395 g/mol. The lowest BCUT2D eigenvalue weighted by Gasteiger charge is -2.43. The fourth-order valence-electron chi connectivity index (χ4n) is 5.36. The van der Waals surface area contributed by atoms with Crippen molar-refractivity contribution < 1.29 is 14.3 Å². The maximum atomic E-state index is 12.9. The van der Waals surface area contributed by atoms with E-state index in [2.05, 4.69) is 23.7 Å². The Morgan fingerprint density at radius 3 is 2.76 bits per heavy atom. The van der Waals surface area contributed by atoms with Gasteiger partial charge in [0.05, 0.1) is 0 Å². The number of likely N-dealkylation sites (tertiary alicyclic amines) is 1. The number of carbonyl (C=O) groups excluding carboxylic acids is 2. The van der Waals surface area contributed by atoms with Crippen LogP contribution in [0, 0.1) is 5.92 Å². The van der Waals surface area contributed by atoms with Crippen LogP contribution in [-0.2, 0) is 11.3 Å². The highest BCUT2D eigenvalue weighted by Gasteiger charge is 2.40. The van der Waals surface area contributed by atoms with Crippen molar-refractivity contribution in [2.45, 2.75) is 63.8 Å². The lowest BCUT2D eigenvalue weighted by atomic mass is 9.98. The number of amides is 2. The Labute approximate surface area is 171 Å². The molecule has 0 aromatic heterocycles. The van der Waals surface area contributed by atoms with Gasteiger partial charge in [0.15, 0.2) is 0 Å². The van der Waals surface area contributed by atoms with Crippen LogP contribution in [0.25, 0.3) is 0 Å². The summed E-state index contributed by atoms with van der Waals surface area (Å²) in [6.07, 6.45) is 5.07. The maximum absolute atomic E-state index is 12.9. The molecule has 3 heterocycles. The van der Waals surface area contributed by atoms with Gasteiger partial charge in [-0.2, -0.15) is 0 Å². The molecule has 1 unspecified atom stereocenters. The molecule has 2 saturated heterocycles. The zero-order valence-electron chi connectivity index (χ0n) is 17.0. The molecular formula is C23H29N3O3. The molecule has 0 bridgehead atoms. The first-order valence-electron chi connectivity index (χ1n) is 10.8. The van der Waals surface area contributed by atoms with E-state index < -0.39 is 6.04 Å². The van der Waals surface area contributed by atoms with Gasteiger partial charge < -0.3 is 15.0 Å². The molecule has 1 aliphatic carbocycles. The van der Waals surface area contributed by atoms with Crippen molar-refractivity contribution in [3.8, 4) is 5.75 Å². The van der Waals surface area contributed by atoms with E-state index in [1.165, 1.54) is 25.9 Å². The third-order valence-electron chi connectivity index (χ3n) is 6.87. The predicted octanol–water partition coefficient (Wildman–Crippen LogP) is 2.69. The van der Waals surface area contributed by atoms with Gasteiger partial charge in [0.1, 0.15) is 17.9 Å². The molecular weight excluding hydrogens is 366 g/mol. The zero-order valence-corrected chi connectivity index (χ0v) is 17.0. The van der Waals surface area contributed by atoms with Crippen LogP contribution in [0.3, 0.4) is 0 Å². The fraction of sp³-hybridized carbons (Fsp3) is 0.565. The molecule has 1 saturated carbocycles. The lowest BCUT2D eigenvalue weighted by molar-refractivity contribution is -0.126. The van der Waals surface area contributed by atoms with Crippen molar-refractivity contribution in [1.82, 2.24) is 15.1 Å². The molecule has 1 N–H and O–H groups in total. The molecule has 5 rings (SSSR count). The van der Waals surface area contributed by atoms with Crippen molar-refractivity contribution in [3.05, 3.63) is 41.6 Å². The quantitative estimate of drug-likeness (QED) is 0.852. The highest BCUT2D eigenvalue weighted by Crippen LogP contribution is 2.35. The molecule has 154 valence electrons. The van der Waals surface area contributed by atoms with Crippen LogP contribution in [0.5, 0.6) is 5.75 Å². The summed E-state index contributed by atoms with van der Waals surface area (Å²) in [4.78, 5) is 29.5. The number of benzene rings is 1. The van der Waals surface area contributed by atoms with Gasteiger partial charge in [-0.3, -0.25) is 14.5 Å². The van der Waals surface area contributed by atoms with Crippen LogP contribution < -0.4 is 10.1 Å². The first-order chi connectivity index (χ1) is 14.0. The van der Waals surface area contributed by atoms with E-state index in [1.54, 1.807) is 4.90 Å². The van der Waals surface area contributed by atoms with E-state index >= 15 is 0 Å². The molecule has 2 amide bonds. The van der Waals surface area contributed by atoms with E-state index in [0.29, 0.717) is 31.0 Å². The number of piperidine rings is 1. The van der Waals surface area contributed by atoms with Gasteiger partial charge in [-0.25, -0.2) is 0 Å². The van der Waals surface area contributed by atoms with E-state index in [0.717, 1.165) is 29.3 Å². The molecule has 3 atom stereocenters. The lowest BCUT2D eigenvalue weighted by Crippen LogP contribution is -2.54. The summed E-state index contributed by atoms with van der Waals surface area (Å²) in [5.41, 5.74) is 2.37.